The Hall–Kier alpha value is -1.30. The third kappa shape index (κ3) is 6.77. The zero-order chi connectivity index (χ0) is 15.2. The molecule has 0 bridgehead atoms. The Kier molecular flexibility index (Phi) is 9.88. The molecule has 2 rings (SSSR count). The number of carbonyl (C=O) groups excluding carboxylic acids is 1. The molecule has 0 saturated carbocycles. The molecule has 3 N–H and O–H groups in total. The highest BCUT2D eigenvalue weighted by Gasteiger charge is 2.06. The van der Waals surface area contributed by atoms with E-state index >= 15 is 0 Å². The lowest BCUT2D eigenvalue weighted by Crippen LogP contribution is -2.25. The van der Waals surface area contributed by atoms with Crippen molar-refractivity contribution in [1.82, 2.24) is 10.3 Å². The van der Waals surface area contributed by atoms with Crippen molar-refractivity contribution in [3.63, 3.8) is 0 Å². The van der Waals surface area contributed by atoms with Crippen LogP contribution in [0.2, 0.25) is 0 Å². The van der Waals surface area contributed by atoms with Gasteiger partial charge in [0, 0.05) is 30.0 Å². The molecule has 1 aromatic heterocycles. The minimum atomic E-state index is 0. The van der Waals surface area contributed by atoms with Gasteiger partial charge in [-0.3, -0.25) is 4.79 Å². The highest BCUT2D eigenvalue weighted by molar-refractivity contribution is 7.11. The van der Waals surface area contributed by atoms with Crippen LogP contribution in [0.15, 0.2) is 24.3 Å². The van der Waals surface area contributed by atoms with E-state index in [9.17, 15) is 4.79 Å². The number of nitrogens with zero attached hydrogens (tertiary/aromatic N) is 1. The van der Waals surface area contributed by atoms with Crippen molar-refractivity contribution in [3.8, 4) is 0 Å². The summed E-state index contributed by atoms with van der Waals surface area (Å²) in [4.78, 5) is 17.5. The van der Waals surface area contributed by atoms with Crippen molar-refractivity contribution in [2.75, 3.05) is 12.3 Å². The first-order chi connectivity index (χ1) is 10.1. The van der Waals surface area contributed by atoms with Gasteiger partial charge in [-0.15, -0.1) is 36.2 Å². The molecule has 1 aromatic carbocycles. The van der Waals surface area contributed by atoms with Gasteiger partial charge in [0.05, 0.1) is 10.7 Å². The van der Waals surface area contributed by atoms with E-state index < -0.39 is 0 Å². The molecule has 0 unspecified atom stereocenters. The number of hydrogen-bond donors (Lipinski definition) is 2. The summed E-state index contributed by atoms with van der Waals surface area (Å²) < 4.78 is 0. The van der Waals surface area contributed by atoms with Gasteiger partial charge in [-0.1, -0.05) is 18.2 Å². The molecule has 23 heavy (non-hydrogen) atoms. The summed E-state index contributed by atoms with van der Waals surface area (Å²) in [5, 5.41) is 4.02. The standard InChI is InChI=1S/C16H21N3OS.2ClH/c1-11-12(2)21-16(19-11)9-10-18-15(20)8-7-13-5-3-4-6-14(13)17;;/h3-6H,7-10,17H2,1-2H3,(H,18,20);2*1H. The van der Waals surface area contributed by atoms with Crippen LogP contribution in [0.1, 0.15) is 27.6 Å². The molecule has 7 heteroatoms. The summed E-state index contributed by atoms with van der Waals surface area (Å²) in [6.45, 7) is 4.72. The van der Waals surface area contributed by atoms with E-state index in [0.29, 0.717) is 19.4 Å². The van der Waals surface area contributed by atoms with E-state index in [1.807, 2.05) is 31.2 Å². The summed E-state index contributed by atoms with van der Waals surface area (Å²) in [6, 6.07) is 7.66. The smallest absolute Gasteiger partial charge is 0.220 e. The molecule has 0 saturated heterocycles. The maximum absolute atomic E-state index is 11.8. The zero-order valence-electron chi connectivity index (χ0n) is 13.3. The summed E-state index contributed by atoms with van der Waals surface area (Å²) in [5.41, 5.74) is 8.72. The van der Waals surface area contributed by atoms with Crippen molar-refractivity contribution in [3.05, 3.63) is 45.4 Å². The Labute approximate surface area is 153 Å². The summed E-state index contributed by atoms with van der Waals surface area (Å²) in [6.07, 6.45) is 1.93. The van der Waals surface area contributed by atoms with Gasteiger partial charge in [0.25, 0.3) is 0 Å². The molecule has 0 atom stereocenters. The molecule has 0 radical (unpaired) electrons. The van der Waals surface area contributed by atoms with Crippen molar-refractivity contribution in [1.29, 1.82) is 0 Å². The summed E-state index contributed by atoms with van der Waals surface area (Å²) >= 11 is 1.70. The van der Waals surface area contributed by atoms with E-state index in [4.69, 9.17) is 5.73 Å². The lowest BCUT2D eigenvalue weighted by Gasteiger charge is -2.06. The Morgan fingerprint density at radius 1 is 1.22 bits per heavy atom. The first-order valence-electron chi connectivity index (χ1n) is 7.09. The number of carbonyl (C=O) groups is 1. The number of anilines is 1. The van der Waals surface area contributed by atoms with Crippen molar-refractivity contribution < 1.29 is 4.79 Å². The van der Waals surface area contributed by atoms with Crippen LogP contribution in [0.25, 0.3) is 0 Å². The number of thiazole rings is 1. The van der Waals surface area contributed by atoms with E-state index in [0.717, 1.165) is 28.4 Å². The highest BCUT2D eigenvalue weighted by Crippen LogP contribution is 2.16. The average molecular weight is 376 g/mol. The van der Waals surface area contributed by atoms with Crippen molar-refractivity contribution in [2.45, 2.75) is 33.1 Å². The van der Waals surface area contributed by atoms with Gasteiger partial charge in [0.2, 0.25) is 5.91 Å². The normalized spacial score (nSPS) is 9.65. The Morgan fingerprint density at radius 2 is 1.91 bits per heavy atom. The highest BCUT2D eigenvalue weighted by atomic mass is 35.5. The largest absolute Gasteiger partial charge is 0.399 e. The number of rotatable bonds is 6. The van der Waals surface area contributed by atoms with E-state index in [-0.39, 0.29) is 30.7 Å². The van der Waals surface area contributed by atoms with Gasteiger partial charge in [0.15, 0.2) is 0 Å². The van der Waals surface area contributed by atoms with Gasteiger partial charge < -0.3 is 11.1 Å². The van der Waals surface area contributed by atoms with Crippen LogP contribution in [-0.4, -0.2) is 17.4 Å². The van der Waals surface area contributed by atoms with Gasteiger partial charge >= 0.3 is 0 Å². The fraction of sp³-hybridized carbons (Fsp3) is 0.375. The predicted octanol–water partition coefficient (Wildman–Crippen LogP) is 3.48. The summed E-state index contributed by atoms with van der Waals surface area (Å²) in [7, 11) is 0. The molecular weight excluding hydrogens is 353 g/mol. The number of halogens is 2. The number of nitrogens with two attached hydrogens (primary N) is 1. The van der Waals surface area contributed by atoms with Gasteiger partial charge in [-0.25, -0.2) is 4.98 Å². The maximum atomic E-state index is 11.8. The number of para-hydroxylation sites is 1. The molecule has 0 fully saturated rings. The molecule has 0 aliphatic carbocycles. The Bertz CT molecular complexity index is 612. The van der Waals surface area contributed by atoms with Crippen LogP contribution in [0.3, 0.4) is 0 Å². The van der Waals surface area contributed by atoms with Gasteiger partial charge in [-0.05, 0) is 31.9 Å². The minimum Gasteiger partial charge on any atom is -0.399 e. The molecule has 1 amide bonds. The lowest BCUT2D eigenvalue weighted by molar-refractivity contribution is -0.121. The molecule has 4 nitrogen and oxygen atoms in total. The first kappa shape index (κ1) is 21.7. The van der Waals surface area contributed by atoms with E-state index in [2.05, 4.69) is 17.2 Å². The molecule has 1 heterocycles. The fourth-order valence-electron chi connectivity index (χ4n) is 2.05. The van der Waals surface area contributed by atoms with Crippen molar-refractivity contribution >= 4 is 47.7 Å². The number of benzene rings is 1. The third-order valence-corrected chi connectivity index (χ3v) is 4.54. The van der Waals surface area contributed by atoms with Gasteiger partial charge in [-0.2, -0.15) is 0 Å². The second kappa shape index (κ2) is 10.5. The van der Waals surface area contributed by atoms with Crippen LogP contribution >= 0.6 is 36.2 Å². The second-order valence-corrected chi connectivity index (χ2v) is 6.34. The second-order valence-electron chi connectivity index (χ2n) is 5.05. The van der Waals surface area contributed by atoms with E-state index in [1.165, 1.54) is 4.88 Å². The molecule has 128 valence electrons. The third-order valence-electron chi connectivity index (χ3n) is 3.41. The average Bonchev–Trinajstić information content (AvgIpc) is 2.77. The molecule has 0 spiro atoms. The number of nitrogens with one attached hydrogen (secondary N) is 1. The SMILES string of the molecule is Cc1nc(CCNC(=O)CCc2ccccc2N)sc1C.Cl.Cl. The van der Waals surface area contributed by atoms with Gasteiger partial charge in [0.1, 0.15) is 0 Å². The Morgan fingerprint density at radius 3 is 2.52 bits per heavy atom. The maximum Gasteiger partial charge on any atom is 0.220 e. The fourth-order valence-corrected chi connectivity index (χ4v) is 2.99. The lowest BCUT2D eigenvalue weighted by atomic mass is 10.1. The number of amides is 1. The topological polar surface area (TPSA) is 68.0 Å². The van der Waals surface area contributed by atoms with Crippen LogP contribution in [-0.2, 0) is 17.6 Å². The molecule has 0 aliphatic rings. The van der Waals surface area contributed by atoms with Crippen LogP contribution in [0, 0.1) is 13.8 Å². The molecule has 0 aliphatic heterocycles. The van der Waals surface area contributed by atoms with Crippen LogP contribution in [0.4, 0.5) is 5.69 Å². The van der Waals surface area contributed by atoms with E-state index in [1.54, 1.807) is 11.3 Å². The Balaban J connectivity index is 0.00000242. The van der Waals surface area contributed by atoms with Crippen LogP contribution < -0.4 is 11.1 Å². The zero-order valence-corrected chi connectivity index (χ0v) is 15.7. The number of aryl methyl sites for hydroxylation is 3. The first-order valence-corrected chi connectivity index (χ1v) is 7.91. The van der Waals surface area contributed by atoms with Crippen molar-refractivity contribution in [2.24, 2.45) is 0 Å². The monoisotopic (exact) mass is 375 g/mol. The summed E-state index contributed by atoms with van der Waals surface area (Å²) in [5.74, 6) is 0.0586. The quantitative estimate of drug-likeness (QED) is 0.759. The number of hydrogen-bond acceptors (Lipinski definition) is 4. The predicted molar refractivity (Wildman–Crippen MR) is 102 cm³/mol. The number of nitrogen functional groups attached to an aromatic ring is 1. The molecule has 2 aromatic rings. The number of aromatic nitrogens is 1. The molecular formula is C16H23Cl2N3OS. The minimum absolute atomic E-state index is 0. The van der Waals surface area contributed by atoms with Crippen LogP contribution in [0.5, 0.6) is 0 Å².